The Balaban J connectivity index is 1.32. The second kappa shape index (κ2) is 15.3. The molecule has 3 fully saturated rings. The minimum Gasteiger partial charge on any atom is -0.508 e. The monoisotopic (exact) mass is 742 g/mol. The number of rotatable bonds is 10. The standard InChI is InChI=1S/C32H38O20/c33-7-15-19(38)22(41)25(44)31(49-15)51-28-17(9-35)50-32(26(45)23(28)42)52-29-21(40)18-13(37)5-12(46-30-24(43)20(39)16(8-34)48-30)6-14(18)47-27(29)10-1-3-11(36)4-2-10/h1-6,15-17,19-20,22-26,28,30-39,41-45H,7-9H2/t15-,16+,17+,19-,20+,22+,23-,24-,25-,26-,28+,30+,31+,32+/m1/s1. The van der Waals surface area contributed by atoms with Gasteiger partial charge in [-0.25, -0.2) is 0 Å². The van der Waals surface area contributed by atoms with Gasteiger partial charge in [0.25, 0.3) is 0 Å². The van der Waals surface area contributed by atoms with Crippen molar-refractivity contribution in [2.24, 2.45) is 0 Å². The van der Waals surface area contributed by atoms with Crippen molar-refractivity contribution in [3.8, 4) is 34.3 Å². The Morgan fingerprint density at radius 3 is 1.79 bits per heavy atom. The molecule has 20 nitrogen and oxygen atoms in total. The molecule has 0 radical (unpaired) electrons. The van der Waals surface area contributed by atoms with Gasteiger partial charge in [0.15, 0.2) is 12.1 Å². The predicted molar refractivity (Wildman–Crippen MR) is 167 cm³/mol. The first-order valence-electron chi connectivity index (χ1n) is 15.9. The first kappa shape index (κ1) is 38.0. The van der Waals surface area contributed by atoms with Crippen molar-refractivity contribution in [3.63, 3.8) is 0 Å². The maximum absolute atomic E-state index is 14.0. The highest BCUT2D eigenvalue weighted by molar-refractivity contribution is 5.88. The molecule has 3 aliphatic heterocycles. The maximum Gasteiger partial charge on any atom is 0.239 e. The fourth-order valence-electron chi connectivity index (χ4n) is 6.10. The van der Waals surface area contributed by atoms with Crippen LogP contribution in [0.25, 0.3) is 22.3 Å². The van der Waals surface area contributed by atoms with E-state index in [-0.39, 0.29) is 28.4 Å². The third kappa shape index (κ3) is 7.02. The van der Waals surface area contributed by atoms with Gasteiger partial charge in [-0.15, -0.1) is 0 Å². The number of phenols is 2. The molecule has 2 aromatic carbocycles. The summed E-state index contributed by atoms with van der Waals surface area (Å²) in [6, 6.07) is 7.29. The van der Waals surface area contributed by atoms with Gasteiger partial charge in [-0.3, -0.25) is 4.79 Å². The first-order chi connectivity index (χ1) is 24.8. The van der Waals surface area contributed by atoms with Gasteiger partial charge in [0, 0.05) is 17.7 Å². The van der Waals surface area contributed by atoms with Crippen LogP contribution in [0.1, 0.15) is 0 Å². The van der Waals surface area contributed by atoms with E-state index in [2.05, 4.69) is 0 Å². The topological polar surface area (TPSA) is 328 Å². The van der Waals surface area contributed by atoms with E-state index >= 15 is 0 Å². The molecule has 0 unspecified atom stereocenters. The second-order valence-corrected chi connectivity index (χ2v) is 12.4. The van der Waals surface area contributed by atoms with Crippen molar-refractivity contribution < 1.29 is 94.1 Å². The molecule has 6 rings (SSSR count). The molecule has 3 saturated heterocycles. The summed E-state index contributed by atoms with van der Waals surface area (Å²) in [6.07, 6.45) is -23.6. The highest BCUT2D eigenvalue weighted by Crippen LogP contribution is 2.39. The van der Waals surface area contributed by atoms with Gasteiger partial charge < -0.3 is 94.1 Å². The van der Waals surface area contributed by atoms with E-state index in [9.17, 15) is 66.1 Å². The van der Waals surface area contributed by atoms with Crippen LogP contribution in [0.5, 0.6) is 23.0 Å². The molecule has 3 aliphatic rings. The van der Waals surface area contributed by atoms with Gasteiger partial charge in [-0.05, 0) is 24.3 Å². The van der Waals surface area contributed by atoms with Crippen LogP contribution in [0.2, 0.25) is 0 Å². The van der Waals surface area contributed by atoms with Crippen LogP contribution in [0.4, 0.5) is 0 Å². The molecule has 12 N–H and O–H groups in total. The van der Waals surface area contributed by atoms with Crippen LogP contribution < -0.4 is 14.9 Å². The molecule has 0 aliphatic carbocycles. The van der Waals surface area contributed by atoms with Gasteiger partial charge >= 0.3 is 0 Å². The number of fused-ring (bicyclic) bond motifs is 1. The molecular weight excluding hydrogens is 704 g/mol. The van der Waals surface area contributed by atoms with Gasteiger partial charge in [0.05, 0.1) is 19.8 Å². The van der Waals surface area contributed by atoms with Crippen LogP contribution in [0, 0.1) is 0 Å². The van der Waals surface area contributed by atoms with Crippen molar-refractivity contribution in [2.45, 2.75) is 86.0 Å². The Morgan fingerprint density at radius 1 is 0.615 bits per heavy atom. The quantitative estimate of drug-likeness (QED) is 0.0934. The number of aliphatic hydroxyl groups is 10. The normalized spacial score (nSPS) is 36.6. The lowest BCUT2D eigenvalue weighted by Crippen LogP contribution is -2.65. The van der Waals surface area contributed by atoms with E-state index in [1.807, 2.05) is 0 Å². The summed E-state index contributed by atoms with van der Waals surface area (Å²) in [6.45, 7) is -2.32. The lowest BCUT2D eigenvalue weighted by atomic mass is 9.97. The molecule has 3 aromatic rings. The minimum atomic E-state index is -2.05. The molecule has 52 heavy (non-hydrogen) atoms. The van der Waals surface area contributed by atoms with E-state index < -0.39 is 128 Å². The molecular formula is C32H38O20. The van der Waals surface area contributed by atoms with Gasteiger partial charge in [-0.2, -0.15) is 0 Å². The Kier molecular flexibility index (Phi) is 11.2. The first-order valence-corrected chi connectivity index (χ1v) is 15.9. The summed E-state index contributed by atoms with van der Waals surface area (Å²) in [5, 5.41) is 122. The van der Waals surface area contributed by atoms with E-state index in [0.29, 0.717) is 0 Å². The average molecular weight is 743 g/mol. The predicted octanol–water partition coefficient (Wildman–Crippen LogP) is -4.31. The summed E-state index contributed by atoms with van der Waals surface area (Å²) in [4.78, 5) is 14.0. The third-order valence-corrected chi connectivity index (χ3v) is 8.98. The Hall–Kier alpha value is -3.71. The summed E-state index contributed by atoms with van der Waals surface area (Å²) in [7, 11) is 0. The van der Waals surface area contributed by atoms with E-state index in [0.717, 1.165) is 12.1 Å². The van der Waals surface area contributed by atoms with Crippen molar-refractivity contribution in [1.82, 2.24) is 0 Å². The number of aliphatic hydroxyl groups excluding tert-OH is 10. The largest absolute Gasteiger partial charge is 0.508 e. The molecule has 286 valence electrons. The molecule has 20 heteroatoms. The smallest absolute Gasteiger partial charge is 0.239 e. The number of phenolic OH excluding ortho intramolecular Hbond substituents is 2. The van der Waals surface area contributed by atoms with Crippen molar-refractivity contribution in [3.05, 3.63) is 46.6 Å². The molecule has 1 aromatic heterocycles. The van der Waals surface area contributed by atoms with E-state index in [4.69, 9.17) is 32.8 Å². The minimum absolute atomic E-state index is 0.120. The number of benzene rings is 2. The maximum atomic E-state index is 14.0. The summed E-state index contributed by atoms with van der Waals surface area (Å²) < 4.78 is 39.2. The molecule has 0 spiro atoms. The highest BCUT2D eigenvalue weighted by Gasteiger charge is 2.51. The molecule has 0 bridgehead atoms. The van der Waals surface area contributed by atoms with Gasteiger partial charge in [0.2, 0.25) is 23.8 Å². The third-order valence-electron chi connectivity index (χ3n) is 8.98. The lowest BCUT2D eigenvalue weighted by Gasteiger charge is -2.45. The Bertz CT molecular complexity index is 1750. The summed E-state index contributed by atoms with van der Waals surface area (Å²) >= 11 is 0. The van der Waals surface area contributed by atoms with Crippen molar-refractivity contribution in [1.29, 1.82) is 0 Å². The highest BCUT2D eigenvalue weighted by atomic mass is 16.7. The fraction of sp³-hybridized carbons (Fsp3) is 0.531. The van der Waals surface area contributed by atoms with Crippen LogP contribution in [0.15, 0.2) is 45.6 Å². The second-order valence-electron chi connectivity index (χ2n) is 12.4. The van der Waals surface area contributed by atoms with Crippen molar-refractivity contribution >= 4 is 11.0 Å². The SMILES string of the molecule is O=c1c(O[C@@H]2O[C@@H](CO)[C@H](O[C@@H]3O[C@H](CO)[C@@H](O)[C@H](O)[C@H]3O)[C@H](O)[C@H]2O)c(-c2ccc(O)cc2)oc2cc(O[C@H]3O[C@@H](CO)[C@H](O)[C@H]3O)cc(O)c12. The summed E-state index contributed by atoms with van der Waals surface area (Å²) in [5.74, 6) is -2.09. The average Bonchev–Trinajstić information content (AvgIpc) is 3.40. The zero-order valence-corrected chi connectivity index (χ0v) is 26.8. The van der Waals surface area contributed by atoms with Crippen LogP contribution in [0.3, 0.4) is 0 Å². The van der Waals surface area contributed by atoms with E-state index in [1.54, 1.807) is 0 Å². The molecule has 0 amide bonds. The zero-order valence-electron chi connectivity index (χ0n) is 26.8. The number of ether oxygens (including phenoxy) is 6. The Morgan fingerprint density at radius 2 is 1.15 bits per heavy atom. The van der Waals surface area contributed by atoms with Crippen LogP contribution in [-0.4, -0.2) is 167 Å². The van der Waals surface area contributed by atoms with Gasteiger partial charge in [0.1, 0.15) is 95.4 Å². The van der Waals surface area contributed by atoms with Crippen LogP contribution >= 0.6 is 0 Å². The lowest BCUT2D eigenvalue weighted by molar-refractivity contribution is -0.352. The zero-order chi connectivity index (χ0) is 37.6. The molecule has 4 heterocycles. The molecule has 0 saturated carbocycles. The fourth-order valence-corrected chi connectivity index (χ4v) is 6.10. The van der Waals surface area contributed by atoms with Crippen LogP contribution in [-0.2, 0) is 18.9 Å². The van der Waals surface area contributed by atoms with Gasteiger partial charge in [-0.1, -0.05) is 0 Å². The van der Waals surface area contributed by atoms with E-state index in [1.165, 1.54) is 24.3 Å². The number of hydrogen-bond acceptors (Lipinski definition) is 20. The summed E-state index contributed by atoms with van der Waals surface area (Å²) in [5.41, 5.74) is -1.21. The number of hydrogen-bond donors (Lipinski definition) is 12. The Labute approximate surface area is 292 Å². The molecule has 14 atom stereocenters. The number of aromatic hydroxyl groups is 2. The van der Waals surface area contributed by atoms with Crippen molar-refractivity contribution in [2.75, 3.05) is 19.8 Å².